The topological polar surface area (TPSA) is 46.3 Å². The van der Waals surface area contributed by atoms with Crippen LogP contribution in [0.15, 0.2) is 30.3 Å². The van der Waals surface area contributed by atoms with Gasteiger partial charge < -0.3 is 10.6 Å². The number of carbonyl (C=O) groups is 1. The third-order valence-electron chi connectivity index (χ3n) is 2.43. The standard InChI is InChI=1S/C12H18N2OS/c1-14(8-9-16-2)12(15)11(13)10-6-4-3-5-7-10/h3-7,11H,8-9,13H2,1-2H3. The molecule has 88 valence electrons. The van der Waals surface area contributed by atoms with Crippen LogP contribution >= 0.6 is 11.8 Å². The van der Waals surface area contributed by atoms with Crippen molar-refractivity contribution in [1.29, 1.82) is 0 Å². The highest BCUT2D eigenvalue weighted by atomic mass is 32.2. The molecule has 0 aliphatic carbocycles. The highest BCUT2D eigenvalue weighted by Crippen LogP contribution is 2.12. The number of amides is 1. The predicted molar refractivity (Wildman–Crippen MR) is 69.4 cm³/mol. The van der Waals surface area contributed by atoms with Gasteiger partial charge in [-0.15, -0.1) is 0 Å². The van der Waals surface area contributed by atoms with E-state index in [1.165, 1.54) is 0 Å². The van der Waals surface area contributed by atoms with E-state index in [0.29, 0.717) is 0 Å². The molecule has 0 aliphatic heterocycles. The summed E-state index contributed by atoms with van der Waals surface area (Å²) in [6.45, 7) is 0.737. The second kappa shape index (κ2) is 6.55. The fraction of sp³-hybridized carbons (Fsp3) is 0.417. The summed E-state index contributed by atoms with van der Waals surface area (Å²) in [7, 11) is 1.79. The van der Waals surface area contributed by atoms with Crippen molar-refractivity contribution in [1.82, 2.24) is 4.90 Å². The van der Waals surface area contributed by atoms with Crippen molar-refractivity contribution in [3.8, 4) is 0 Å². The maximum atomic E-state index is 11.9. The molecule has 16 heavy (non-hydrogen) atoms. The normalized spacial score (nSPS) is 12.2. The van der Waals surface area contributed by atoms with E-state index in [4.69, 9.17) is 5.73 Å². The fourth-order valence-corrected chi connectivity index (χ4v) is 1.84. The zero-order chi connectivity index (χ0) is 12.0. The summed E-state index contributed by atoms with van der Waals surface area (Å²) in [6, 6.07) is 8.91. The lowest BCUT2D eigenvalue weighted by atomic mass is 10.1. The van der Waals surface area contributed by atoms with Crippen LogP contribution in [0.4, 0.5) is 0 Å². The number of benzene rings is 1. The number of likely N-dealkylation sites (N-methyl/N-ethyl adjacent to an activating group) is 1. The number of rotatable bonds is 5. The van der Waals surface area contributed by atoms with Crippen molar-refractivity contribution in [3.05, 3.63) is 35.9 Å². The average Bonchev–Trinajstić information content (AvgIpc) is 2.35. The van der Waals surface area contributed by atoms with Gasteiger partial charge in [-0.1, -0.05) is 30.3 Å². The van der Waals surface area contributed by atoms with Gasteiger partial charge in [-0.2, -0.15) is 11.8 Å². The van der Waals surface area contributed by atoms with Gasteiger partial charge in [-0.05, 0) is 11.8 Å². The van der Waals surface area contributed by atoms with Gasteiger partial charge in [0.1, 0.15) is 6.04 Å². The Morgan fingerprint density at radius 1 is 1.44 bits per heavy atom. The molecule has 0 fully saturated rings. The highest BCUT2D eigenvalue weighted by molar-refractivity contribution is 7.98. The smallest absolute Gasteiger partial charge is 0.243 e. The highest BCUT2D eigenvalue weighted by Gasteiger charge is 2.18. The van der Waals surface area contributed by atoms with E-state index in [2.05, 4.69) is 0 Å². The number of nitrogens with zero attached hydrogens (tertiary/aromatic N) is 1. The van der Waals surface area contributed by atoms with Crippen LogP contribution < -0.4 is 5.73 Å². The van der Waals surface area contributed by atoms with E-state index in [0.717, 1.165) is 17.9 Å². The van der Waals surface area contributed by atoms with Gasteiger partial charge >= 0.3 is 0 Å². The Labute approximate surface area is 101 Å². The molecule has 0 radical (unpaired) electrons. The third-order valence-corrected chi connectivity index (χ3v) is 3.02. The molecule has 0 aliphatic rings. The second-order valence-electron chi connectivity index (χ2n) is 3.64. The average molecular weight is 238 g/mol. The van der Waals surface area contributed by atoms with Crippen molar-refractivity contribution < 1.29 is 4.79 Å². The largest absolute Gasteiger partial charge is 0.343 e. The Bertz CT molecular complexity index is 329. The van der Waals surface area contributed by atoms with Crippen molar-refractivity contribution in [2.75, 3.05) is 25.6 Å². The van der Waals surface area contributed by atoms with Gasteiger partial charge in [-0.25, -0.2) is 0 Å². The Kier molecular flexibility index (Phi) is 5.35. The van der Waals surface area contributed by atoms with Crippen LogP contribution in [0.1, 0.15) is 11.6 Å². The predicted octanol–water partition coefficient (Wildman–Crippen LogP) is 1.51. The maximum Gasteiger partial charge on any atom is 0.243 e. The van der Waals surface area contributed by atoms with Gasteiger partial charge in [0.25, 0.3) is 0 Å². The van der Waals surface area contributed by atoms with E-state index in [1.54, 1.807) is 23.7 Å². The molecule has 0 saturated heterocycles. The first kappa shape index (κ1) is 13.1. The number of hydrogen-bond acceptors (Lipinski definition) is 3. The first-order valence-corrected chi connectivity index (χ1v) is 6.60. The number of thioether (sulfide) groups is 1. The quantitative estimate of drug-likeness (QED) is 0.845. The van der Waals surface area contributed by atoms with E-state index in [9.17, 15) is 4.79 Å². The summed E-state index contributed by atoms with van der Waals surface area (Å²) in [4.78, 5) is 13.6. The monoisotopic (exact) mass is 238 g/mol. The number of hydrogen-bond donors (Lipinski definition) is 1. The number of carbonyl (C=O) groups excluding carboxylic acids is 1. The maximum absolute atomic E-state index is 11.9. The molecule has 0 saturated carbocycles. The lowest BCUT2D eigenvalue weighted by Crippen LogP contribution is -2.37. The molecule has 1 atom stereocenters. The molecule has 1 aromatic rings. The molecule has 3 nitrogen and oxygen atoms in total. The molecule has 1 amide bonds. The molecular weight excluding hydrogens is 220 g/mol. The lowest BCUT2D eigenvalue weighted by Gasteiger charge is -2.21. The number of nitrogens with two attached hydrogens (primary N) is 1. The molecule has 1 unspecified atom stereocenters. The fourth-order valence-electron chi connectivity index (χ4n) is 1.38. The van der Waals surface area contributed by atoms with Crippen molar-refractivity contribution in [3.63, 3.8) is 0 Å². The van der Waals surface area contributed by atoms with Gasteiger partial charge in [0.05, 0.1) is 0 Å². The van der Waals surface area contributed by atoms with Crippen LogP contribution in [0.3, 0.4) is 0 Å². The van der Waals surface area contributed by atoms with E-state index < -0.39 is 6.04 Å². The Morgan fingerprint density at radius 3 is 2.62 bits per heavy atom. The Morgan fingerprint density at radius 2 is 2.06 bits per heavy atom. The van der Waals surface area contributed by atoms with E-state index in [1.807, 2.05) is 36.6 Å². The van der Waals surface area contributed by atoms with Crippen molar-refractivity contribution in [2.24, 2.45) is 5.73 Å². The summed E-state index contributed by atoms with van der Waals surface area (Å²) >= 11 is 1.72. The molecule has 0 spiro atoms. The summed E-state index contributed by atoms with van der Waals surface area (Å²) in [6.07, 6.45) is 2.02. The molecule has 0 bridgehead atoms. The Balaban J connectivity index is 2.60. The van der Waals surface area contributed by atoms with Gasteiger partial charge in [0.15, 0.2) is 0 Å². The molecule has 2 N–H and O–H groups in total. The molecule has 0 aromatic heterocycles. The third kappa shape index (κ3) is 3.54. The minimum Gasteiger partial charge on any atom is -0.343 e. The Hall–Kier alpha value is -1.00. The summed E-state index contributed by atoms with van der Waals surface area (Å²) in [5.74, 6) is 0.907. The van der Waals surface area contributed by atoms with E-state index >= 15 is 0 Å². The van der Waals surface area contributed by atoms with Gasteiger partial charge in [-0.3, -0.25) is 4.79 Å². The summed E-state index contributed by atoms with van der Waals surface area (Å²) in [5, 5.41) is 0. The van der Waals surface area contributed by atoms with Gasteiger partial charge in [0.2, 0.25) is 5.91 Å². The van der Waals surface area contributed by atoms with Crippen LogP contribution in [-0.4, -0.2) is 36.4 Å². The first-order chi connectivity index (χ1) is 7.66. The summed E-state index contributed by atoms with van der Waals surface area (Å²) < 4.78 is 0. The van der Waals surface area contributed by atoms with Gasteiger partial charge in [0, 0.05) is 19.3 Å². The van der Waals surface area contributed by atoms with Crippen LogP contribution in [0.25, 0.3) is 0 Å². The van der Waals surface area contributed by atoms with Crippen LogP contribution in [-0.2, 0) is 4.79 Å². The molecule has 1 aromatic carbocycles. The lowest BCUT2D eigenvalue weighted by molar-refractivity contribution is -0.131. The van der Waals surface area contributed by atoms with Crippen molar-refractivity contribution >= 4 is 17.7 Å². The van der Waals surface area contributed by atoms with Crippen LogP contribution in [0.2, 0.25) is 0 Å². The zero-order valence-corrected chi connectivity index (χ0v) is 10.5. The minimum absolute atomic E-state index is 0.0275. The molecule has 4 heteroatoms. The summed E-state index contributed by atoms with van der Waals surface area (Å²) in [5.41, 5.74) is 6.78. The zero-order valence-electron chi connectivity index (χ0n) is 9.72. The van der Waals surface area contributed by atoms with Crippen molar-refractivity contribution in [2.45, 2.75) is 6.04 Å². The van der Waals surface area contributed by atoms with Crippen LogP contribution in [0.5, 0.6) is 0 Å². The van der Waals surface area contributed by atoms with E-state index in [-0.39, 0.29) is 5.91 Å². The van der Waals surface area contributed by atoms with Crippen LogP contribution in [0, 0.1) is 0 Å². The molecule has 0 heterocycles. The molecular formula is C12H18N2OS. The second-order valence-corrected chi connectivity index (χ2v) is 4.63. The molecule has 1 rings (SSSR count). The minimum atomic E-state index is -0.548. The SMILES string of the molecule is CSCCN(C)C(=O)C(N)c1ccccc1. The first-order valence-electron chi connectivity index (χ1n) is 5.21.